The van der Waals surface area contributed by atoms with E-state index in [1.165, 1.54) is 0 Å². The van der Waals surface area contributed by atoms with E-state index in [-0.39, 0.29) is 11.3 Å². The molecule has 1 aromatic heterocycles. The van der Waals surface area contributed by atoms with Gasteiger partial charge in [-0.15, -0.1) is 0 Å². The number of furan rings is 1. The Kier molecular flexibility index (Phi) is 6.62. The molecule has 0 aliphatic carbocycles. The first-order valence-corrected chi connectivity index (χ1v) is 10.1. The van der Waals surface area contributed by atoms with Crippen molar-refractivity contribution in [3.8, 4) is 5.75 Å². The second kappa shape index (κ2) is 9.17. The first-order valence-electron chi connectivity index (χ1n) is 10.1. The molecule has 160 valence electrons. The zero-order valence-corrected chi connectivity index (χ0v) is 17.8. The largest absolute Gasteiger partial charge is 0.503 e. The lowest BCUT2D eigenvalue weighted by atomic mass is 9.95. The third-order valence-corrected chi connectivity index (χ3v) is 5.00. The number of aliphatic hydroxyl groups excluding tert-OH is 1. The molecular weight excluding hydrogens is 384 g/mol. The fraction of sp³-hybridized carbons (Fsp3) is 0.391. The lowest BCUT2D eigenvalue weighted by Gasteiger charge is -2.27. The van der Waals surface area contributed by atoms with Gasteiger partial charge in [0.05, 0.1) is 18.2 Å². The standard InChI is InChI=1S/C23H28N2O5/c1-5-29-17-9-6-8-16(14-17)20-19(21(26)18-11-10-15(2)30-18)22(27)23(28)25(20)13-7-12-24(3)4/h6,8-11,14,20,27H,5,7,12-13H2,1-4H3/t20-/m1/s1. The number of rotatable bonds is 9. The van der Waals surface area contributed by atoms with Gasteiger partial charge in [-0.05, 0) is 70.7 Å². The number of benzene rings is 1. The first-order chi connectivity index (χ1) is 14.3. The molecule has 2 aromatic rings. The summed E-state index contributed by atoms with van der Waals surface area (Å²) in [5.41, 5.74) is 0.739. The average molecular weight is 412 g/mol. The number of ketones is 1. The molecule has 0 spiro atoms. The molecule has 7 heteroatoms. The molecule has 1 aliphatic rings. The second-order valence-corrected chi connectivity index (χ2v) is 7.57. The van der Waals surface area contributed by atoms with Crippen molar-refractivity contribution in [1.82, 2.24) is 9.80 Å². The van der Waals surface area contributed by atoms with Crippen molar-refractivity contribution in [1.29, 1.82) is 0 Å². The van der Waals surface area contributed by atoms with E-state index < -0.39 is 23.5 Å². The molecule has 1 atom stereocenters. The Morgan fingerprint density at radius 3 is 2.67 bits per heavy atom. The van der Waals surface area contributed by atoms with Gasteiger partial charge in [0.1, 0.15) is 11.5 Å². The molecule has 0 radical (unpaired) electrons. The molecule has 1 aromatic carbocycles. The summed E-state index contributed by atoms with van der Waals surface area (Å²) < 4.78 is 11.1. The fourth-order valence-electron chi connectivity index (χ4n) is 3.65. The van der Waals surface area contributed by atoms with E-state index in [4.69, 9.17) is 9.15 Å². The highest BCUT2D eigenvalue weighted by molar-refractivity contribution is 6.15. The van der Waals surface area contributed by atoms with Crippen LogP contribution in [0.15, 0.2) is 52.1 Å². The molecule has 1 aliphatic heterocycles. The second-order valence-electron chi connectivity index (χ2n) is 7.57. The first kappa shape index (κ1) is 21.6. The van der Waals surface area contributed by atoms with Crippen LogP contribution in [0, 0.1) is 6.92 Å². The number of aryl methyl sites for hydroxylation is 1. The van der Waals surface area contributed by atoms with Crippen molar-refractivity contribution in [2.45, 2.75) is 26.3 Å². The molecule has 3 rings (SSSR count). The Labute approximate surface area is 176 Å². The van der Waals surface area contributed by atoms with Crippen molar-refractivity contribution in [3.05, 3.63) is 64.8 Å². The third kappa shape index (κ3) is 4.41. The van der Waals surface area contributed by atoms with Gasteiger partial charge in [0.25, 0.3) is 5.91 Å². The number of aliphatic hydroxyl groups is 1. The highest BCUT2D eigenvalue weighted by Gasteiger charge is 2.44. The lowest BCUT2D eigenvalue weighted by molar-refractivity contribution is -0.129. The number of hydrogen-bond donors (Lipinski definition) is 1. The maximum absolute atomic E-state index is 13.2. The van der Waals surface area contributed by atoms with Crippen LogP contribution in [0.2, 0.25) is 0 Å². The molecule has 30 heavy (non-hydrogen) atoms. The summed E-state index contributed by atoms with van der Waals surface area (Å²) in [7, 11) is 3.91. The van der Waals surface area contributed by atoms with Gasteiger partial charge in [-0.3, -0.25) is 9.59 Å². The Morgan fingerprint density at radius 2 is 2.03 bits per heavy atom. The summed E-state index contributed by atoms with van der Waals surface area (Å²) in [5, 5.41) is 10.7. The van der Waals surface area contributed by atoms with Crippen LogP contribution in [0.1, 0.15) is 41.3 Å². The Balaban J connectivity index is 2.02. The minimum absolute atomic E-state index is 0.0350. The monoisotopic (exact) mass is 412 g/mol. The van der Waals surface area contributed by atoms with Gasteiger partial charge >= 0.3 is 0 Å². The van der Waals surface area contributed by atoms with Crippen LogP contribution in [0.3, 0.4) is 0 Å². The van der Waals surface area contributed by atoms with Crippen LogP contribution in [-0.2, 0) is 4.79 Å². The maximum Gasteiger partial charge on any atom is 0.290 e. The summed E-state index contributed by atoms with van der Waals surface area (Å²) in [5.74, 6) is -0.236. The summed E-state index contributed by atoms with van der Waals surface area (Å²) in [6.45, 7) is 5.30. The van der Waals surface area contributed by atoms with Gasteiger partial charge in [0.15, 0.2) is 11.5 Å². The molecule has 0 fully saturated rings. The van der Waals surface area contributed by atoms with Crippen LogP contribution in [0.4, 0.5) is 0 Å². The lowest BCUT2D eigenvalue weighted by Crippen LogP contribution is -2.33. The van der Waals surface area contributed by atoms with Gasteiger partial charge in [0, 0.05) is 6.54 Å². The molecule has 1 N–H and O–H groups in total. The summed E-state index contributed by atoms with van der Waals surface area (Å²) >= 11 is 0. The number of nitrogens with zero attached hydrogens (tertiary/aromatic N) is 2. The van der Waals surface area contributed by atoms with Crippen molar-refractivity contribution in [2.24, 2.45) is 0 Å². The molecule has 0 saturated carbocycles. The van der Waals surface area contributed by atoms with Crippen molar-refractivity contribution in [3.63, 3.8) is 0 Å². The zero-order chi connectivity index (χ0) is 21.8. The van der Waals surface area contributed by atoms with Gasteiger partial charge in [-0.1, -0.05) is 12.1 Å². The van der Waals surface area contributed by atoms with Crippen molar-refractivity contribution >= 4 is 11.7 Å². The Hall–Kier alpha value is -3.06. The average Bonchev–Trinajstić information content (AvgIpc) is 3.24. The Morgan fingerprint density at radius 1 is 1.27 bits per heavy atom. The number of Topliss-reactive ketones (excluding diaryl/α,β-unsaturated/α-hetero) is 1. The van der Waals surface area contributed by atoms with Crippen LogP contribution >= 0.6 is 0 Å². The fourth-order valence-corrected chi connectivity index (χ4v) is 3.65. The van der Waals surface area contributed by atoms with E-state index in [9.17, 15) is 14.7 Å². The number of hydrogen-bond acceptors (Lipinski definition) is 6. The number of carbonyl (C=O) groups is 2. The quantitative estimate of drug-likeness (QED) is 0.635. The normalized spacial score (nSPS) is 16.6. The highest BCUT2D eigenvalue weighted by Crippen LogP contribution is 2.40. The van der Waals surface area contributed by atoms with E-state index in [2.05, 4.69) is 0 Å². The van der Waals surface area contributed by atoms with Gasteiger partial charge in [-0.25, -0.2) is 0 Å². The third-order valence-electron chi connectivity index (χ3n) is 5.00. The highest BCUT2D eigenvalue weighted by atomic mass is 16.5. The predicted octanol–water partition coefficient (Wildman–Crippen LogP) is 3.52. The summed E-state index contributed by atoms with van der Waals surface area (Å²) in [6.07, 6.45) is 0.703. The van der Waals surface area contributed by atoms with E-state index in [1.54, 1.807) is 30.0 Å². The SMILES string of the molecule is CCOc1cccc([C@@H]2C(C(=O)c3ccc(C)o3)=C(O)C(=O)N2CCCN(C)C)c1. The predicted molar refractivity (Wildman–Crippen MR) is 113 cm³/mol. The summed E-state index contributed by atoms with van der Waals surface area (Å²) in [6, 6.07) is 9.81. The summed E-state index contributed by atoms with van der Waals surface area (Å²) in [4.78, 5) is 29.7. The topological polar surface area (TPSA) is 83.2 Å². The number of carbonyl (C=O) groups excluding carboxylic acids is 2. The number of amides is 1. The minimum atomic E-state index is -0.710. The van der Waals surface area contributed by atoms with E-state index in [0.717, 1.165) is 6.54 Å². The van der Waals surface area contributed by atoms with Gasteiger partial charge in [0.2, 0.25) is 5.78 Å². The minimum Gasteiger partial charge on any atom is -0.503 e. The molecule has 0 unspecified atom stereocenters. The van der Waals surface area contributed by atoms with Gasteiger partial charge < -0.3 is 24.1 Å². The van der Waals surface area contributed by atoms with Crippen LogP contribution in [0.25, 0.3) is 0 Å². The van der Waals surface area contributed by atoms with Crippen molar-refractivity contribution < 1.29 is 23.8 Å². The molecule has 1 amide bonds. The maximum atomic E-state index is 13.2. The van der Waals surface area contributed by atoms with Crippen LogP contribution in [0.5, 0.6) is 5.75 Å². The van der Waals surface area contributed by atoms with E-state index in [0.29, 0.717) is 36.6 Å². The smallest absolute Gasteiger partial charge is 0.290 e. The van der Waals surface area contributed by atoms with E-state index in [1.807, 2.05) is 44.1 Å². The van der Waals surface area contributed by atoms with Crippen LogP contribution in [-0.4, -0.2) is 60.4 Å². The molecule has 7 nitrogen and oxygen atoms in total. The number of ether oxygens (including phenoxy) is 1. The van der Waals surface area contributed by atoms with Gasteiger partial charge in [-0.2, -0.15) is 0 Å². The van der Waals surface area contributed by atoms with Crippen molar-refractivity contribution in [2.75, 3.05) is 33.8 Å². The van der Waals surface area contributed by atoms with Crippen LogP contribution < -0.4 is 4.74 Å². The molecule has 0 bridgehead atoms. The molecular formula is C23H28N2O5. The zero-order valence-electron chi connectivity index (χ0n) is 17.8. The molecule has 2 heterocycles. The molecule has 0 saturated heterocycles. The van der Waals surface area contributed by atoms with E-state index >= 15 is 0 Å². The Bertz CT molecular complexity index is 960.